The highest BCUT2D eigenvalue weighted by Crippen LogP contribution is 2.15. The van der Waals surface area contributed by atoms with Crippen LogP contribution in [0, 0.1) is 0 Å². The van der Waals surface area contributed by atoms with Crippen LogP contribution in [-0.4, -0.2) is 15.8 Å². The molecule has 0 amide bonds. The van der Waals surface area contributed by atoms with Gasteiger partial charge in [-0.05, 0) is 31.4 Å². The first-order chi connectivity index (χ1) is 5.02. The number of Topliss-reactive ketones (excluding diaryl/α,β-unsaturated/α-hetero) is 1. The highest BCUT2D eigenvalue weighted by atomic mass is 32.1. The molecule has 0 bridgehead atoms. The van der Waals surface area contributed by atoms with Crippen molar-refractivity contribution in [1.29, 1.82) is 0 Å². The molecule has 0 aliphatic heterocycles. The number of hydrogen-bond donors (Lipinski definition) is 0. The summed E-state index contributed by atoms with van der Waals surface area (Å²) in [5.41, 5.74) is -1.60. The third-order valence-corrected chi connectivity index (χ3v) is 1.77. The van der Waals surface area contributed by atoms with Crippen molar-refractivity contribution in [1.82, 2.24) is 4.37 Å². The molecule has 0 radical (unpaired) electrons. The zero-order valence-electron chi connectivity index (χ0n) is 6.30. The molecule has 11 heavy (non-hydrogen) atoms. The van der Waals surface area contributed by atoms with Crippen molar-refractivity contribution < 1.29 is 9.18 Å². The normalized spacial score (nSPS) is 11.5. The largest absolute Gasteiger partial charge is 0.289 e. The van der Waals surface area contributed by atoms with Gasteiger partial charge in [0.2, 0.25) is 5.78 Å². The Balaban J connectivity index is 2.88. The first-order valence-corrected chi connectivity index (χ1v) is 3.99. The third-order valence-electron chi connectivity index (χ3n) is 1.21. The van der Waals surface area contributed by atoms with Crippen molar-refractivity contribution in [2.75, 3.05) is 0 Å². The lowest BCUT2D eigenvalue weighted by Gasteiger charge is -2.09. The predicted molar refractivity (Wildman–Crippen MR) is 41.6 cm³/mol. The van der Waals surface area contributed by atoms with Gasteiger partial charge >= 0.3 is 0 Å². The van der Waals surface area contributed by atoms with Crippen LogP contribution in [0.2, 0.25) is 0 Å². The zero-order chi connectivity index (χ0) is 8.48. The average molecular weight is 173 g/mol. The Morgan fingerprint density at radius 1 is 1.73 bits per heavy atom. The zero-order valence-corrected chi connectivity index (χ0v) is 7.11. The van der Waals surface area contributed by atoms with E-state index in [-0.39, 0.29) is 5.69 Å². The van der Waals surface area contributed by atoms with E-state index in [4.69, 9.17) is 0 Å². The number of nitrogens with zero attached hydrogens (tertiary/aromatic N) is 1. The van der Waals surface area contributed by atoms with Crippen LogP contribution in [0.3, 0.4) is 0 Å². The highest BCUT2D eigenvalue weighted by molar-refractivity contribution is 7.03. The van der Waals surface area contributed by atoms with Crippen LogP contribution in [0.4, 0.5) is 4.39 Å². The average Bonchev–Trinajstić information content (AvgIpc) is 2.34. The molecule has 0 N–H and O–H groups in total. The molecule has 0 fully saturated rings. The Bertz CT molecular complexity index is 250. The van der Waals surface area contributed by atoms with Crippen LogP contribution >= 0.6 is 11.5 Å². The number of halogens is 1. The van der Waals surface area contributed by atoms with Crippen LogP contribution in [0.25, 0.3) is 0 Å². The summed E-state index contributed by atoms with van der Waals surface area (Å²) < 4.78 is 16.7. The minimum Gasteiger partial charge on any atom is -0.289 e. The lowest BCUT2D eigenvalue weighted by molar-refractivity contribution is 0.0756. The first-order valence-electron chi connectivity index (χ1n) is 3.16. The van der Waals surface area contributed by atoms with E-state index in [2.05, 4.69) is 4.37 Å². The van der Waals surface area contributed by atoms with Gasteiger partial charge in [-0.15, -0.1) is 0 Å². The second-order valence-corrected chi connectivity index (χ2v) is 3.35. The minimum atomic E-state index is -1.81. The van der Waals surface area contributed by atoms with E-state index in [9.17, 15) is 9.18 Å². The van der Waals surface area contributed by atoms with Gasteiger partial charge in [0.15, 0.2) is 5.67 Å². The van der Waals surface area contributed by atoms with Gasteiger partial charge in [0.25, 0.3) is 0 Å². The van der Waals surface area contributed by atoms with E-state index < -0.39 is 11.5 Å². The monoisotopic (exact) mass is 173 g/mol. The van der Waals surface area contributed by atoms with Crippen LogP contribution in [0.1, 0.15) is 24.3 Å². The van der Waals surface area contributed by atoms with E-state index in [1.54, 1.807) is 5.38 Å². The highest BCUT2D eigenvalue weighted by Gasteiger charge is 2.28. The Morgan fingerprint density at radius 2 is 2.36 bits per heavy atom. The van der Waals surface area contributed by atoms with Gasteiger partial charge in [0.1, 0.15) is 5.69 Å². The smallest absolute Gasteiger partial charge is 0.218 e. The fraction of sp³-hybridized carbons (Fsp3) is 0.429. The Kier molecular flexibility index (Phi) is 2.04. The number of rotatable bonds is 2. The van der Waals surface area contributed by atoms with Gasteiger partial charge in [0.05, 0.1) is 0 Å². The SMILES string of the molecule is CC(C)(F)C(=O)c1ccsn1. The molecule has 1 heterocycles. The molecule has 1 aromatic heterocycles. The summed E-state index contributed by atoms with van der Waals surface area (Å²) in [4.78, 5) is 11.1. The van der Waals surface area contributed by atoms with Gasteiger partial charge in [-0.2, -0.15) is 4.37 Å². The van der Waals surface area contributed by atoms with Gasteiger partial charge in [-0.3, -0.25) is 4.79 Å². The number of ketones is 1. The summed E-state index contributed by atoms with van der Waals surface area (Å²) in [6.07, 6.45) is 0. The topological polar surface area (TPSA) is 30.0 Å². The van der Waals surface area contributed by atoms with E-state index >= 15 is 0 Å². The molecule has 0 unspecified atom stereocenters. The lowest BCUT2D eigenvalue weighted by atomic mass is 10.0. The summed E-state index contributed by atoms with van der Waals surface area (Å²) in [5, 5.41) is 1.65. The summed E-state index contributed by atoms with van der Waals surface area (Å²) in [6, 6.07) is 1.52. The van der Waals surface area contributed by atoms with Crippen molar-refractivity contribution in [3.63, 3.8) is 0 Å². The quantitative estimate of drug-likeness (QED) is 0.641. The predicted octanol–water partition coefficient (Wildman–Crippen LogP) is 2.07. The second-order valence-electron chi connectivity index (χ2n) is 2.69. The molecule has 60 valence electrons. The molecule has 1 aromatic rings. The molecular formula is C7H8FNOS. The molecule has 2 nitrogen and oxygen atoms in total. The molecule has 0 saturated heterocycles. The molecule has 0 atom stereocenters. The van der Waals surface area contributed by atoms with Crippen molar-refractivity contribution in [2.24, 2.45) is 0 Å². The molecule has 0 aliphatic rings. The Hall–Kier alpha value is -0.770. The van der Waals surface area contributed by atoms with Crippen LogP contribution in [0.5, 0.6) is 0 Å². The number of carbonyl (C=O) groups is 1. The fourth-order valence-electron chi connectivity index (χ4n) is 0.634. The second kappa shape index (κ2) is 2.70. The van der Waals surface area contributed by atoms with E-state index in [1.165, 1.54) is 19.9 Å². The number of carbonyl (C=O) groups excluding carboxylic acids is 1. The molecule has 0 aromatic carbocycles. The number of aromatic nitrogens is 1. The molecule has 0 spiro atoms. The van der Waals surface area contributed by atoms with Gasteiger partial charge in [-0.25, -0.2) is 4.39 Å². The summed E-state index contributed by atoms with van der Waals surface area (Å²) >= 11 is 1.15. The Morgan fingerprint density at radius 3 is 2.73 bits per heavy atom. The van der Waals surface area contributed by atoms with E-state index in [1.807, 2.05) is 0 Å². The van der Waals surface area contributed by atoms with Crippen molar-refractivity contribution >= 4 is 17.3 Å². The Labute approximate surface area is 68.2 Å². The van der Waals surface area contributed by atoms with Crippen LogP contribution < -0.4 is 0 Å². The number of alkyl halides is 1. The maximum Gasteiger partial charge on any atom is 0.218 e. The van der Waals surface area contributed by atoms with Crippen molar-refractivity contribution in [2.45, 2.75) is 19.5 Å². The van der Waals surface area contributed by atoms with E-state index in [0.717, 1.165) is 11.5 Å². The standard InChI is InChI=1S/C7H8FNOS/c1-7(2,8)6(10)5-3-4-11-9-5/h3-4H,1-2H3. The van der Waals surface area contributed by atoms with Gasteiger partial charge in [-0.1, -0.05) is 0 Å². The lowest BCUT2D eigenvalue weighted by Crippen LogP contribution is -2.26. The minimum absolute atomic E-state index is 0.211. The first kappa shape index (κ1) is 8.33. The summed E-state index contributed by atoms with van der Waals surface area (Å²) in [7, 11) is 0. The van der Waals surface area contributed by atoms with Gasteiger partial charge in [0, 0.05) is 5.38 Å². The van der Waals surface area contributed by atoms with Crippen molar-refractivity contribution in [3.8, 4) is 0 Å². The molecular weight excluding hydrogens is 165 g/mol. The molecule has 0 saturated carbocycles. The van der Waals surface area contributed by atoms with Crippen molar-refractivity contribution in [3.05, 3.63) is 17.1 Å². The summed E-state index contributed by atoms with van der Waals surface area (Å²) in [6.45, 7) is 2.46. The molecule has 1 rings (SSSR count). The maximum absolute atomic E-state index is 13.0. The molecule has 4 heteroatoms. The summed E-state index contributed by atoms with van der Waals surface area (Å²) in [5.74, 6) is -0.557. The maximum atomic E-state index is 13.0. The number of hydrogen-bond acceptors (Lipinski definition) is 3. The van der Waals surface area contributed by atoms with E-state index in [0.29, 0.717) is 0 Å². The fourth-order valence-corrected chi connectivity index (χ4v) is 1.14. The third kappa shape index (κ3) is 1.83. The molecule has 0 aliphatic carbocycles. The van der Waals surface area contributed by atoms with Gasteiger partial charge < -0.3 is 0 Å². The van der Waals surface area contributed by atoms with Crippen LogP contribution in [0.15, 0.2) is 11.4 Å². The van der Waals surface area contributed by atoms with Crippen LogP contribution in [-0.2, 0) is 0 Å².